The third kappa shape index (κ3) is 3.49. The number of hydrogen-bond acceptors (Lipinski definition) is 3. The first kappa shape index (κ1) is 15.5. The summed E-state index contributed by atoms with van der Waals surface area (Å²) in [6, 6.07) is -0.978. The lowest BCUT2D eigenvalue weighted by Gasteiger charge is -2.46. The lowest BCUT2D eigenvalue weighted by atomic mass is 9.60. The third-order valence-electron chi connectivity index (χ3n) is 3.56. The maximum atomic E-state index is 11.8. The van der Waals surface area contributed by atoms with Crippen LogP contribution in [0.5, 0.6) is 0 Å². The standard InChI is InChI=1S/C14H23NO4/c1-9(2)14(7-6-8-14)10(11(16)17)15-12(18)19-13(3,4)5/h10H,1,6-8H2,2-5H3,(H,15,18)(H,16,17). The van der Waals surface area contributed by atoms with Crippen molar-refractivity contribution in [1.82, 2.24) is 5.32 Å². The summed E-state index contributed by atoms with van der Waals surface area (Å²) >= 11 is 0. The first-order valence-electron chi connectivity index (χ1n) is 6.47. The Bertz CT molecular complexity index is 391. The number of ether oxygens (including phenoxy) is 1. The Hall–Kier alpha value is -1.52. The zero-order chi connectivity index (χ0) is 14.8. The fraction of sp³-hybridized carbons (Fsp3) is 0.714. The Kier molecular flexibility index (Phi) is 4.28. The van der Waals surface area contributed by atoms with E-state index in [1.807, 2.05) is 6.92 Å². The molecule has 0 heterocycles. The van der Waals surface area contributed by atoms with Gasteiger partial charge in [-0.2, -0.15) is 0 Å². The molecule has 5 heteroatoms. The fourth-order valence-corrected chi connectivity index (χ4v) is 2.38. The molecule has 1 saturated carbocycles. The predicted octanol–water partition coefficient (Wildman–Crippen LogP) is 2.71. The van der Waals surface area contributed by atoms with Gasteiger partial charge in [0.15, 0.2) is 0 Å². The van der Waals surface area contributed by atoms with Gasteiger partial charge < -0.3 is 15.2 Å². The molecule has 1 aliphatic rings. The van der Waals surface area contributed by atoms with Crippen molar-refractivity contribution >= 4 is 12.1 Å². The number of carbonyl (C=O) groups is 2. The molecule has 1 atom stereocenters. The Morgan fingerprint density at radius 3 is 2.16 bits per heavy atom. The maximum Gasteiger partial charge on any atom is 0.408 e. The quantitative estimate of drug-likeness (QED) is 0.769. The van der Waals surface area contributed by atoms with E-state index in [1.165, 1.54) is 0 Å². The molecule has 1 unspecified atom stereocenters. The van der Waals surface area contributed by atoms with Gasteiger partial charge in [0, 0.05) is 5.41 Å². The molecule has 1 rings (SSSR count). The molecule has 5 nitrogen and oxygen atoms in total. The van der Waals surface area contributed by atoms with Crippen LogP contribution in [0.3, 0.4) is 0 Å². The topological polar surface area (TPSA) is 75.6 Å². The Balaban J connectivity index is 2.82. The lowest BCUT2D eigenvalue weighted by molar-refractivity contribution is -0.144. The lowest BCUT2D eigenvalue weighted by Crippen LogP contribution is -2.56. The van der Waals surface area contributed by atoms with Crippen LogP contribution in [-0.2, 0) is 9.53 Å². The van der Waals surface area contributed by atoms with Gasteiger partial charge in [-0.15, -0.1) is 0 Å². The van der Waals surface area contributed by atoms with Crippen LogP contribution in [0.4, 0.5) is 4.79 Å². The minimum Gasteiger partial charge on any atom is -0.480 e. The molecule has 1 amide bonds. The second-order valence-electron chi connectivity index (χ2n) is 6.21. The van der Waals surface area contributed by atoms with E-state index in [0.717, 1.165) is 24.8 Å². The number of alkyl carbamates (subject to hydrolysis) is 1. The summed E-state index contributed by atoms with van der Waals surface area (Å²) in [6.45, 7) is 10.9. The summed E-state index contributed by atoms with van der Waals surface area (Å²) in [4.78, 5) is 23.2. The Morgan fingerprint density at radius 1 is 1.37 bits per heavy atom. The molecule has 0 bridgehead atoms. The Labute approximate surface area is 114 Å². The van der Waals surface area contributed by atoms with Crippen LogP contribution in [0.25, 0.3) is 0 Å². The van der Waals surface area contributed by atoms with E-state index in [2.05, 4.69) is 11.9 Å². The second-order valence-corrected chi connectivity index (χ2v) is 6.21. The maximum absolute atomic E-state index is 11.8. The first-order valence-corrected chi connectivity index (χ1v) is 6.47. The predicted molar refractivity (Wildman–Crippen MR) is 71.9 cm³/mol. The summed E-state index contributed by atoms with van der Waals surface area (Å²) < 4.78 is 5.12. The summed E-state index contributed by atoms with van der Waals surface area (Å²) in [7, 11) is 0. The third-order valence-corrected chi connectivity index (χ3v) is 3.56. The number of nitrogens with one attached hydrogen (secondary N) is 1. The van der Waals surface area contributed by atoms with Gasteiger partial charge in [0.1, 0.15) is 11.6 Å². The van der Waals surface area contributed by atoms with E-state index in [1.54, 1.807) is 20.8 Å². The molecule has 0 radical (unpaired) electrons. The zero-order valence-corrected chi connectivity index (χ0v) is 12.1. The summed E-state index contributed by atoms with van der Waals surface area (Å²) in [5.41, 5.74) is -0.395. The Morgan fingerprint density at radius 2 is 1.89 bits per heavy atom. The minimum absolute atomic E-state index is 0.539. The van der Waals surface area contributed by atoms with E-state index in [9.17, 15) is 14.7 Å². The van der Waals surface area contributed by atoms with Crippen molar-refractivity contribution in [1.29, 1.82) is 0 Å². The molecular weight excluding hydrogens is 246 g/mol. The molecule has 0 aromatic carbocycles. The number of rotatable bonds is 4. The van der Waals surface area contributed by atoms with Crippen molar-refractivity contribution in [2.75, 3.05) is 0 Å². The summed E-state index contributed by atoms with van der Waals surface area (Å²) in [5.74, 6) is -1.05. The van der Waals surface area contributed by atoms with Gasteiger partial charge >= 0.3 is 12.1 Å². The van der Waals surface area contributed by atoms with Crippen LogP contribution < -0.4 is 5.32 Å². The largest absolute Gasteiger partial charge is 0.480 e. The van der Waals surface area contributed by atoms with Crippen LogP contribution in [0.2, 0.25) is 0 Å². The van der Waals surface area contributed by atoms with E-state index in [4.69, 9.17) is 4.74 Å². The van der Waals surface area contributed by atoms with Gasteiger partial charge in [0.2, 0.25) is 0 Å². The smallest absolute Gasteiger partial charge is 0.408 e. The van der Waals surface area contributed by atoms with Crippen molar-refractivity contribution in [3.05, 3.63) is 12.2 Å². The molecule has 2 N–H and O–H groups in total. The molecular formula is C14H23NO4. The minimum atomic E-state index is -1.05. The van der Waals surface area contributed by atoms with Gasteiger partial charge in [-0.1, -0.05) is 18.6 Å². The number of hydrogen-bond donors (Lipinski definition) is 2. The van der Waals surface area contributed by atoms with Crippen LogP contribution in [0.1, 0.15) is 47.0 Å². The number of amides is 1. The molecule has 19 heavy (non-hydrogen) atoms. The van der Waals surface area contributed by atoms with Gasteiger partial charge in [0.25, 0.3) is 0 Å². The number of carboxylic acid groups (broad SMARTS) is 1. The van der Waals surface area contributed by atoms with Gasteiger partial charge in [-0.25, -0.2) is 9.59 Å². The van der Waals surface area contributed by atoms with E-state index >= 15 is 0 Å². The first-order chi connectivity index (χ1) is 8.58. The van der Waals surface area contributed by atoms with E-state index in [-0.39, 0.29) is 0 Å². The van der Waals surface area contributed by atoms with Gasteiger partial charge in [-0.05, 0) is 40.5 Å². The monoisotopic (exact) mass is 269 g/mol. The average Bonchev–Trinajstić information content (AvgIpc) is 2.10. The van der Waals surface area contributed by atoms with Crippen molar-refractivity contribution in [3.8, 4) is 0 Å². The van der Waals surface area contributed by atoms with Crippen LogP contribution in [-0.4, -0.2) is 28.8 Å². The highest BCUT2D eigenvalue weighted by atomic mass is 16.6. The van der Waals surface area contributed by atoms with Gasteiger partial charge in [-0.3, -0.25) is 0 Å². The molecule has 0 spiro atoms. The summed E-state index contributed by atoms with van der Waals surface area (Å²) in [5, 5.41) is 11.8. The van der Waals surface area contributed by atoms with E-state index < -0.39 is 29.1 Å². The zero-order valence-electron chi connectivity index (χ0n) is 12.1. The van der Waals surface area contributed by atoms with Crippen LogP contribution in [0, 0.1) is 5.41 Å². The highest BCUT2D eigenvalue weighted by Gasteiger charge is 2.49. The average molecular weight is 269 g/mol. The van der Waals surface area contributed by atoms with E-state index in [0.29, 0.717) is 0 Å². The molecule has 0 aromatic heterocycles. The van der Waals surface area contributed by atoms with Crippen LogP contribution >= 0.6 is 0 Å². The van der Waals surface area contributed by atoms with Crippen LogP contribution in [0.15, 0.2) is 12.2 Å². The number of carboxylic acids is 1. The highest BCUT2D eigenvalue weighted by Crippen LogP contribution is 2.49. The number of aliphatic carboxylic acids is 1. The fourth-order valence-electron chi connectivity index (χ4n) is 2.38. The number of carbonyl (C=O) groups excluding carboxylic acids is 1. The molecule has 0 saturated heterocycles. The van der Waals surface area contributed by atoms with Crippen molar-refractivity contribution in [2.45, 2.75) is 58.6 Å². The van der Waals surface area contributed by atoms with Gasteiger partial charge in [0.05, 0.1) is 0 Å². The molecule has 1 fully saturated rings. The normalized spacial score (nSPS) is 18.9. The molecule has 0 aromatic rings. The molecule has 1 aliphatic carbocycles. The summed E-state index contributed by atoms with van der Waals surface area (Å²) in [6.07, 6.45) is 1.71. The second kappa shape index (κ2) is 5.23. The molecule has 0 aliphatic heterocycles. The van der Waals surface area contributed by atoms with Crippen molar-refractivity contribution in [3.63, 3.8) is 0 Å². The van der Waals surface area contributed by atoms with Crippen molar-refractivity contribution in [2.24, 2.45) is 5.41 Å². The SMILES string of the molecule is C=C(C)C1(C(NC(=O)OC(C)(C)C)C(=O)O)CCC1. The highest BCUT2D eigenvalue weighted by molar-refractivity contribution is 5.81. The van der Waals surface area contributed by atoms with Crippen molar-refractivity contribution < 1.29 is 19.4 Å². The molecule has 108 valence electrons.